The number of rotatable bonds is 6. The molecule has 0 spiro atoms. The molecule has 2 amide bonds. The summed E-state index contributed by atoms with van der Waals surface area (Å²) in [6.45, 7) is 3.28. The Morgan fingerprint density at radius 1 is 1.04 bits per heavy atom. The monoisotopic (exact) mass is 367 g/mol. The van der Waals surface area contributed by atoms with Gasteiger partial charge in [0.05, 0.1) is 6.04 Å². The van der Waals surface area contributed by atoms with Crippen LogP contribution in [0.4, 0.5) is 5.69 Å². The van der Waals surface area contributed by atoms with E-state index >= 15 is 0 Å². The summed E-state index contributed by atoms with van der Waals surface area (Å²) >= 11 is 0. The standard InChI is InChI=1S/C21H25N3O3/c1-15(24-13-11-16(12-14-24)20(22)25)21(26)23-17-7-9-19(10-8-17)27-18-5-3-2-4-6-18/h2-10,15-16H,11-14H2,1H3,(H2,22,25)(H,23,26). The lowest BCUT2D eigenvalue weighted by Crippen LogP contribution is -2.47. The average Bonchev–Trinajstić information content (AvgIpc) is 2.69. The molecule has 6 heteroatoms. The van der Waals surface area contributed by atoms with Crippen molar-refractivity contribution in [3.63, 3.8) is 0 Å². The largest absolute Gasteiger partial charge is 0.457 e. The fourth-order valence-corrected chi connectivity index (χ4v) is 3.21. The summed E-state index contributed by atoms with van der Waals surface area (Å²) in [5, 5.41) is 2.94. The Kier molecular flexibility index (Phi) is 6.08. The fraction of sp³-hybridized carbons (Fsp3) is 0.333. The molecular weight excluding hydrogens is 342 g/mol. The molecule has 6 nitrogen and oxygen atoms in total. The number of para-hydroxylation sites is 1. The molecule has 142 valence electrons. The van der Waals surface area contributed by atoms with Gasteiger partial charge in [-0.25, -0.2) is 0 Å². The van der Waals surface area contributed by atoms with Crippen molar-refractivity contribution in [3.05, 3.63) is 54.6 Å². The third kappa shape index (κ3) is 5.08. The highest BCUT2D eigenvalue weighted by Crippen LogP contribution is 2.23. The minimum absolute atomic E-state index is 0.0655. The van der Waals surface area contributed by atoms with Crippen LogP contribution in [-0.4, -0.2) is 35.8 Å². The van der Waals surface area contributed by atoms with Crippen LogP contribution in [0.2, 0.25) is 0 Å². The molecular formula is C21H25N3O3. The zero-order valence-corrected chi connectivity index (χ0v) is 15.4. The van der Waals surface area contributed by atoms with Gasteiger partial charge in [0, 0.05) is 11.6 Å². The van der Waals surface area contributed by atoms with Crippen molar-refractivity contribution in [3.8, 4) is 11.5 Å². The van der Waals surface area contributed by atoms with Crippen molar-refractivity contribution in [2.75, 3.05) is 18.4 Å². The Balaban J connectivity index is 1.52. The zero-order chi connectivity index (χ0) is 19.2. The second kappa shape index (κ2) is 8.68. The Morgan fingerprint density at radius 2 is 1.63 bits per heavy atom. The highest BCUT2D eigenvalue weighted by atomic mass is 16.5. The van der Waals surface area contributed by atoms with Gasteiger partial charge in [0.15, 0.2) is 0 Å². The van der Waals surface area contributed by atoms with Crippen molar-refractivity contribution in [1.82, 2.24) is 4.90 Å². The number of hydrogen-bond acceptors (Lipinski definition) is 4. The number of nitrogens with one attached hydrogen (secondary N) is 1. The summed E-state index contributed by atoms with van der Waals surface area (Å²) in [6, 6.07) is 16.6. The van der Waals surface area contributed by atoms with E-state index in [0.717, 1.165) is 11.4 Å². The normalized spacial score (nSPS) is 16.5. The third-order valence-corrected chi connectivity index (χ3v) is 4.96. The number of primary amides is 1. The predicted octanol–water partition coefficient (Wildman–Crippen LogP) is 3.00. The minimum Gasteiger partial charge on any atom is -0.457 e. The van der Waals surface area contributed by atoms with Crippen LogP contribution in [0.5, 0.6) is 11.5 Å². The van der Waals surface area contributed by atoms with Crippen molar-refractivity contribution >= 4 is 17.5 Å². The van der Waals surface area contributed by atoms with E-state index in [1.807, 2.05) is 61.5 Å². The second-order valence-electron chi connectivity index (χ2n) is 6.82. The van der Waals surface area contributed by atoms with Crippen LogP contribution in [0.1, 0.15) is 19.8 Å². The molecule has 1 saturated heterocycles. The van der Waals surface area contributed by atoms with Gasteiger partial charge in [0.1, 0.15) is 11.5 Å². The topological polar surface area (TPSA) is 84.7 Å². The van der Waals surface area contributed by atoms with E-state index in [4.69, 9.17) is 10.5 Å². The van der Waals surface area contributed by atoms with Crippen molar-refractivity contribution in [2.45, 2.75) is 25.8 Å². The number of carbonyl (C=O) groups excluding carboxylic acids is 2. The number of amides is 2. The minimum atomic E-state index is -0.265. The molecule has 3 N–H and O–H groups in total. The second-order valence-corrected chi connectivity index (χ2v) is 6.82. The Labute approximate surface area is 159 Å². The van der Waals surface area contributed by atoms with Gasteiger partial charge in [0.25, 0.3) is 0 Å². The van der Waals surface area contributed by atoms with Gasteiger partial charge >= 0.3 is 0 Å². The van der Waals surface area contributed by atoms with Crippen LogP contribution in [0.25, 0.3) is 0 Å². The Hall–Kier alpha value is -2.86. The number of ether oxygens (including phenoxy) is 1. The van der Waals surface area contributed by atoms with E-state index in [0.29, 0.717) is 31.7 Å². The van der Waals surface area contributed by atoms with Crippen molar-refractivity contribution in [1.29, 1.82) is 0 Å². The first-order chi connectivity index (χ1) is 13.0. The van der Waals surface area contributed by atoms with Crippen molar-refractivity contribution in [2.24, 2.45) is 11.7 Å². The maximum absolute atomic E-state index is 12.5. The highest BCUT2D eigenvalue weighted by Gasteiger charge is 2.28. The van der Waals surface area contributed by atoms with E-state index < -0.39 is 0 Å². The molecule has 1 heterocycles. The van der Waals surface area contributed by atoms with E-state index in [1.54, 1.807) is 0 Å². The molecule has 2 aromatic rings. The third-order valence-electron chi connectivity index (χ3n) is 4.96. The molecule has 1 unspecified atom stereocenters. The molecule has 1 aliphatic heterocycles. The van der Waals surface area contributed by atoms with E-state index in [1.165, 1.54) is 0 Å². The van der Waals surface area contributed by atoms with Crippen LogP contribution in [0, 0.1) is 5.92 Å². The Morgan fingerprint density at radius 3 is 2.22 bits per heavy atom. The van der Waals surface area contributed by atoms with E-state index in [-0.39, 0.29) is 23.8 Å². The zero-order valence-electron chi connectivity index (χ0n) is 15.4. The summed E-state index contributed by atoms with van der Waals surface area (Å²) < 4.78 is 5.75. The molecule has 1 fully saturated rings. The first-order valence-electron chi connectivity index (χ1n) is 9.20. The molecule has 1 atom stereocenters. The summed E-state index contributed by atoms with van der Waals surface area (Å²) in [7, 11) is 0. The smallest absolute Gasteiger partial charge is 0.241 e. The number of nitrogens with two attached hydrogens (primary N) is 1. The molecule has 2 aromatic carbocycles. The van der Waals surface area contributed by atoms with Gasteiger partial charge in [0.2, 0.25) is 11.8 Å². The van der Waals surface area contributed by atoms with Gasteiger partial charge in [-0.3, -0.25) is 14.5 Å². The van der Waals surface area contributed by atoms with E-state index in [2.05, 4.69) is 10.2 Å². The molecule has 27 heavy (non-hydrogen) atoms. The number of carbonyl (C=O) groups is 2. The molecule has 0 radical (unpaired) electrons. The summed E-state index contributed by atoms with van der Waals surface area (Å²) in [4.78, 5) is 25.9. The molecule has 3 rings (SSSR count). The SMILES string of the molecule is CC(C(=O)Nc1ccc(Oc2ccccc2)cc1)N1CCC(C(N)=O)CC1. The number of nitrogens with zero attached hydrogens (tertiary/aromatic N) is 1. The Bertz CT molecular complexity index is 769. The lowest BCUT2D eigenvalue weighted by atomic mass is 9.95. The number of likely N-dealkylation sites (tertiary alicyclic amines) is 1. The molecule has 1 aliphatic rings. The molecule has 0 bridgehead atoms. The van der Waals surface area contributed by atoms with Gasteiger partial charge < -0.3 is 15.8 Å². The molecule has 0 aliphatic carbocycles. The van der Waals surface area contributed by atoms with Crippen LogP contribution in [0.15, 0.2) is 54.6 Å². The molecule has 0 aromatic heterocycles. The number of hydrogen-bond donors (Lipinski definition) is 2. The fourth-order valence-electron chi connectivity index (χ4n) is 3.21. The number of piperidine rings is 1. The van der Waals surface area contributed by atoms with Crippen LogP contribution in [0.3, 0.4) is 0 Å². The summed E-state index contributed by atoms with van der Waals surface area (Å²) in [5.74, 6) is 1.09. The highest BCUT2D eigenvalue weighted by molar-refractivity contribution is 5.94. The predicted molar refractivity (Wildman–Crippen MR) is 105 cm³/mol. The van der Waals surface area contributed by atoms with Crippen LogP contribution in [-0.2, 0) is 9.59 Å². The average molecular weight is 367 g/mol. The maximum atomic E-state index is 12.5. The first-order valence-corrected chi connectivity index (χ1v) is 9.20. The number of benzene rings is 2. The molecule has 0 saturated carbocycles. The number of anilines is 1. The van der Waals surface area contributed by atoms with Crippen LogP contribution >= 0.6 is 0 Å². The van der Waals surface area contributed by atoms with Gasteiger partial charge in [-0.15, -0.1) is 0 Å². The lowest BCUT2D eigenvalue weighted by Gasteiger charge is -2.34. The van der Waals surface area contributed by atoms with Crippen molar-refractivity contribution < 1.29 is 14.3 Å². The quantitative estimate of drug-likeness (QED) is 0.822. The van der Waals surface area contributed by atoms with Gasteiger partial charge in [-0.2, -0.15) is 0 Å². The van der Waals surface area contributed by atoms with Crippen LogP contribution < -0.4 is 15.8 Å². The maximum Gasteiger partial charge on any atom is 0.241 e. The lowest BCUT2D eigenvalue weighted by molar-refractivity contribution is -0.124. The van der Waals surface area contributed by atoms with E-state index in [9.17, 15) is 9.59 Å². The van der Waals surface area contributed by atoms with Gasteiger partial charge in [-0.1, -0.05) is 18.2 Å². The summed E-state index contributed by atoms with van der Waals surface area (Å²) in [6.07, 6.45) is 1.41. The summed E-state index contributed by atoms with van der Waals surface area (Å²) in [5.41, 5.74) is 6.09. The van der Waals surface area contributed by atoms with Gasteiger partial charge in [-0.05, 0) is 69.3 Å². The first kappa shape index (κ1) is 18.9.